The smallest absolute Gasteiger partial charge is 0.310 e. The topological polar surface area (TPSA) is 92.7 Å². The zero-order valence-corrected chi connectivity index (χ0v) is 16.2. The monoisotopic (exact) mass is 423 g/mol. The number of benzene rings is 1. The summed E-state index contributed by atoms with van der Waals surface area (Å²) in [7, 11) is 0. The number of thioether (sulfide) groups is 1. The van der Waals surface area contributed by atoms with Crippen LogP contribution in [-0.4, -0.2) is 31.4 Å². The van der Waals surface area contributed by atoms with Gasteiger partial charge in [-0.15, -0.1) is 0 Å². The van der Waals surface area contributed by atoms with E-state index in [0.29, 0.717) is 29.3 Å². The van der Waals surface area contributed by atoms with Crippen molar-refractivity contribution >= 4 is 23.5 Å². The van der Waals surface area contributed by atoms with Crippen molar-refractivity contribution in [1.82, 2.24) is 19.7 Å². The highest BCUT2D eigenvalue weighted by Crippen LogP contribution is 2.27. The zero-order valence-electron chi connectivity index (χ0n) is 15.4. The standard InChI is InChI=1S/C18H16F3N5O2S/c1-10-3-5-12(6-4-10)26-14(7-11(2)25-26)23-16(28)9-29-17-22-13(18(19,20)21)8-15(27)24-17/h3-8H,9H2,1-2H3,(H,23,28)(H,22,24,27). The molecule has 29 heavy (non-hydrogen) atoms. The molecule has 0 radical (unpaired) electrons. The molecule has 2 aromatic heterocycles. The molecule has 0 spiro atoms. The second-order valence-corrected chi connectivity index (χ2v) is 7.15. The van der Waals surface area contributed by atoms with Crippen LogP contribution in [0.25, 0.3) is 5.69 Å². The summed E-state index contributed by atoms with van der Waals surface area (Å²) in [6.45, 7) is 3.72. The maximum absolute atomic E-state index is 12.8. The summed E-state index contributed by atoms with van der Waals surface area (Å²) in [6.07, 6.45) is -4.75. The minimum Gasteiger partial charge on any atom is -0.310 e. The normalized spacial score (nSPS) is 11.5. The van der Waals surface area contributed by atoms with Gasteiger partial charge < -0.3 is 10.3 Å². The molecule has 11 heteroatoms. The highest BCUT2D eigenvalue weighted by atomic mass is 32.2. The van der Waals surface area contributed by atoms with Gasteiger partial charge in [0.1, 0.15) is 5.82 Å². The molecule has 0 aliphatic carbocycles. The highest BCUT2D eigenvalue weighted by Gasteiger charge is 2.33. The van der Waals surface area contributed by atoms with Crippen LogP contribution >= 0.6 is 11.8 Å². The number of rotatable bonds is 5. The van der Waals surface area contributed by atoms with E-state index in [0.717, 1.165) is 11.3 Å². The molecule has 1 amide bonds. The number of amides is 1. The Morgan fingerprint density at radius 2 is 1.90 bits per heavy atom. The molecule has 7 nitrogen and oxygen atoms in total. The Hall–Kier alpha value is -3.08. The van der Waals surface area contributed by atoms with Crippen molar-refractivity contribution in [1.29, 1.82) is 0 Å². The van der Waals surface area contributed by atoms with Crippen molar-refractivity contribution in [2.24, 2.45) is 0 Å². The van der Waals surface area contributed by atoms with Crippen LogP contribution < -0.4 is 10.9 Å². The van der Waals surface area contributed by atoms with Gasteiger partial charge in [0.25, 0.3) is 5.56 Å². The second-order valence-electron chi connectivity index (χ2n) is 6.19. The Balaban J connectivity index is 1.72. The van der Waals surface area contributed by atoms with Crippen LogP contribution in [0.4, 0.5) is 19.0 Å². The number of carbonyl (C=O) groups is 1. The summed E-state index contributed by atoms with van der Waals surface area (Å²) in [4.78, 5) is 29.2. The molecule has 152 valence electrons. The number of carbonyl (C=O) groups excluding carboxylic acids is 1. The molecular weight excluding hydrogens is 407 g/mol. The molecule has 0 unspecified atom stereocenters. The molecule has 0 saturated carbocycles. The predicted octanol–water partition coefficient (Wildman–Crippen LogP) is 3.32. The molecule has 3 aromatic rings. The fraction of sp³-hybridized carbons (Fsp3) is 0.222. The summed E-state index contributed by atoms with van der Waals surface area (Å²) >= 11 is 0.694. The number of aromatic amines is 1. The predicted molar refractivity (Wildman–Crippen MR) is 102 cm³/mol. The lowest BCUT2D eigenvalue weighted by Crippen LogP contribution is -2.19. The molecule has 1 aromatic carbocycles. The number of hydrogen-bond donors (Lipinski definition) is 2. The van der Waals surface area contributed by atoms with Crippen molar-refractivity contribution in [2.75, 3.05) is 11.1 Å². The van der Waals surface area contributed by atoms with E-state index < -0.39 is 23.3 Å². The molecule has 2 heterocycles. The number of anilines is 1. The van der Waals surface area contributed by atoms with Gasteiger partial charge in [0, 0.05) is 12.1 Å². The highest BCUT2D eigenvalue weighted by molar-refractivity contribution is 7.99. The number of aryl methyl sites for hydroxylation is 2. The molecule has 2 N–H and O–H groups in total. The average Bonchev–Trinajstić information content (AvgIpc) is 2.99. The van der Waals surface area contributed by atoms with E-state index in [1.165, 1.54) is 0 Å². The van der Waals surface area contributed by atoms with Crippen molar-refractivity contribution in [2.45, 2.75) is 25.2 Å². The van der Waals surface area contributed by atoms with Gasteiger partial charge in [0.05, 0.1) is 17.1 Å². The number of H-pyrrole nitrogens is 1. The summed E-state index contributed by atoms with van der Waals surface area (Å²) in [5.41, 5.74) is 0.246. The van der Waals surface area contributed by atoms with Crippen molar-refractivity contribution in [3.63, 3.8) is 0 Å². The van der Waals surface area contributed by atoms with Gasteiger partial charge in [0.15, 0.2) is 10.9 Å². The van der Waals surface area contributed by atoms with Gasteiger partial charge >= 0.3 is 6.18 Å². The SMILES string of the molecule is Cc1ccc(-n2nc(C)cc2NC(=O)CSc2nc(C(F)(F)F)cc(=O)[nH]2)cc1. The van der Waals surface area contributed by atoms with E-state index in [-0.39, 0.29) is 10.9 Å². The first kappa shape index (κ1) is 20.6. The van der Waals surface area contributed by atoms with Crippen LogP contribution in [0.5, 0.6) is 0 Å². The van der Waals surface area contributed by atoms with Crippen molar-refractivity contribution in [3.8, 4) is 5.69 Å². The molecule has 0 aliphatic heterocycles. The summed E-state index contributed by atoms with van der Waals surface area (Å²) in [6, 6.07) is 9.56. The summed E-state index contributed by atoms with van der Waals surface area (Å²) in [5.74, 6) is -0.312. The van der Waals surface area contributed by atoms with Gasteiger partial charge in [-0.25, -0.2) is 9.67 Å². The van der Waals surface area contributed by atoms with Gasteiger partial charge in [-0.1, -0.05) is 29.5 Å². The maximum atomic E-state index is 12.8. The first-order chi connectivity index (χ1) is 13.6. The average molecular weight is 423 g/mol. The van der Waals surface area contributed by atoms with E-state index in [1.807, 2.05) is 31.2 Å². The summed E-state index contributed by atoms with van der Waals surface area (Å²) < 4.78 is 39.8. The molecule has 0 fully saturated rings. The van der Waals surface area contributed by atoms with Crippen LogP contribution in [0.2, 0.25) is 0 Å². The third-order valence-corrected chi connectivity index (χ3v) is 4.60. The molecule has 3 rings (SSSR count). The summed E-state index contributed by atoms with van der Waals surface area (Å²) in [5, 5.41) is 6.73. The largest absolute Gasteiger partial charge is 0.433 e. The van der Waals surface area contributed by atoms with E-state index in [9.17, 15) is 22.8 Å². The molecule has 0 saturated heterocycles. The van der Waals surface area contributed by atoms with Gasteiger partial charge in [-0.2, -0.15) is 18.3 Å². The Morgan fingerprint density at radius 3 is 2.55 bits per heavy atom. The Bertz CT molecular complexity index is 1090. The van der Waals surface area contributed by atoms with E-state index >= 15 is 0 Å². The van der Waals surface area contributed by atoms with Gasteiger partial charge in [-0.3, -0.25) is 9.59 Å². The van der Waals surface area contributed by atoms with Crippen LogP contribution in [0.3, 0.4) is 0 Å². The quantitative estimate of drug-likeness (QED) is 0.485. The lowest BCUT2D eigenvalue weighted by Gasteiger charge is -2.09. The molecule has 0 bridgehead atoms. The number of aromatic nitrogens is 4. The van der Waals surface area contributed by atoms with Crippen molar-refractivity contribution in [3.05, 3.63) is 63.7 Å². The third-order valence-electron chi connectivity index (χ3n) is 3.73. The first-order valence-electron chi connectivity index (χ1n) is 8.37. The Kier molecular flexibility index (Phi) is 5.78. The van der Waals surface area contributed by atoms with Gasteiger partial charge in [0.2, 0.25) is 5.91 Å². The fourth-order valence-corrected chi connectivity index (χ4v) is 3.11. The van der Waals surface area contributed by atoms with Crippen LogP contribution in [0.1, 0.15) is 17.0 Å². The van der Waals surface area contributed by atoms with E-state index in [4.69, 9.17) is 0 Å². The zero-order chi connectivity index (χ0) is 21.2. The Morgan fingerprint density at radius 1 is 1.21 bits per heavy atom. The number of alkyl halides is 3. The van der Waals surface area contributed by atoms with E-state index in [1.54, 1.807) is 17.7 Å². The minimum atomic E-state index is -4.75. The molecule has 0 atom stereocenters. The minimum absolute atomic E-state index is 0.248. The van der Waals surface area contributed by atoms with Crippen LogP contribution in [0, 0.1) is 13.8 Å². The van der Waals surface area contributed by atoms with Crippen molar-refractivity contribution < 1.29 is 18.0 Å². The van der Waals surface area contributed by atoms with Gasteiger partial charge in [-0.05, 0) is 26.0 Å². The Labute approximate surface area is 167 Å². The molecule has 0 aliphatic rings. The number of hydrogen-bond acceptors (Lipinski definition) is 5. The number of nitrogens with zero attached hydrogens (tertiary/aromatic N) is 3. The van der Waals surface area contributed by atoms with E-state index in [2.05, 4.69) is 20.4 Å². The fourth-order valence-electron chi connectivity index (χ4n) is 2.43. The lowest BCUT2D eigenvalue weighted by molar-refractivity contribution is -0.141. The van der Waals surface area contributed by atoms with Crippen LogP contribution in [0.15, 0.2) is 46.3 Å². The first-order valence-corrected chi connectivity index (χ1v) is 9.35. The third kappa shape index (κ3) is 5.25. The molecular formula is C18H16F3N5O2S. The van der Waals surface area contributed by atoms with Crippen LogP contribution in [-0.2, 0) is 11.0 Å². The lowest BCUT2D eigenvalue weighted by atomic mass is 10.2. The second kappa shape index (κ2) is 8.11. The maximum Gasteiger partial charge on any atom is 0.433 e. The number of halogens is 3. The number of nitrogens with one attached hydrogen (secondary N) is 2.